The molecule has 2 atom stereocenters. The second kappa shape index (κ2) is 8.14. The Bertz CT molecular complexity index is 1300. The molecule has 0 radical (unpaired) electrons. The average Bonchev–Trinajstić information content (AvgIpc) is 3.65. The normalized spacial score (nSPS) is 23.1. The van der Waals surface area contributed by atoms with Crippen LogP contribution in [-0.4, -0.2) is 40.0 Å². The molecule has 3 aliphatic rings. The Labute approximate surface area is 203 Å². The van der Waals surface area contributed by atoms with E-state index >= 15 is 0 Å². The van der Waals surface area contributed by atoms with Gasteiger partial charge in [-0.25, -0.2) is 9.80 Å². The Morgan fingerprint density at radius 2 is 2.06 bits per heavy atom. The number of carbonyl (C=O) groups excluding carboxylic acids is 3. The highest BCUT2D eigenvalue weighted by atomic mass is 32.2. The number of hydrazone groups is 1. The van der Waals surface area contributed by atoms with E-state index in [0.29, 0.717) is 24.3 Å². The number of carbonyl (C=O) groups is 3. The Hall–Kier alpha value is -3.37. The molecule has 172 valence electrons. The predicted octanol–water partition coefficient (Wildman–Crippen LogP) is 4.19. The third-order valence-electron chi connectivity index (χ3n) is 6.16. The quantitative estimate of drug-likeness (QED) is 0.495. The van der Waals surface area contributed by atoms with E-state index in [1.165, 1.54) is 21.7 Å². The molecule has 3 aromatic rings. The lowest BCUT2D eigenvalue weighted by Crippen LogP contribution is -2.48. The Morgan fingerprint density at radius 3 is 2.85 bits per heavy atom. The van der Waals surface area contributed by atoms with Crippen molar-refractivity contribution >= 4 is 52.3 Å². The summed E-state index contributed by atoms with van der Waals surface area (Å²) in [6.45, 7) is -0.474. The van der Waals surface area contributed by atoms with Gasteiger partial charge in [-0.2, -0.15) is 5.10 Å². The van der Waals surface area contributed by atoms with Crippen LogP contribution in [0.2, 0.25) is 0 Å². The van der Waals surface area contributed by atoms with Crippen LogP contribution in [0.1, 0.15) is 35.9 Å². The lowest BCUT2D eigenvalue weighted by Gasteiger charge is -2.28. The van der Waals surface area contributed by atoms with Crippen LogP contribution in [0.4, 0.5) is 5.69 Å². The standard InChI is InChI=1S/C24H19N3O5S2/c28-21-9-10-24(26(21)16-5-1-2-7-20(16)34-24)23(30)32-14-22(29)27-17(18-6-3-11-31-18)13-15(25-27)19-8-4-12-33-19/h1-8,11-12,17H,9-10,13-14H2. The first-order valence-electron chi connectivity index (χ1n) is 10.8. The number of thiophene rings is 1. The van der Waals surface area contributed by atoms with Gasteiger partial charge in [0.2, 0.25) is 5.91 Å². The molecule has 8 nitrogen and oxygen atoms in total. The average molecular weight is 494 g/mol. The molecule has 10 heteroatoms. The van der Waals surface area contributed by atoms with Gasteiger partial charge in [0.15, 0.2) is 11.5 Å². The van der Waals surface area contributed by atoms with Gasteiger partial charge in [0.25, 0.3) is 5.91 Å². The molecule has 2 amide bonds. The van der Waals surface area contributed by atoms with Gasteiger partial charge in [-0.3, -0.25) is 14.5 Å². The van der Waals surface area contributed by atoms with E-state index < -0.39 is 29.4 Å². The maximum Gasteiger partial charge on any atom is 0.344 e. The van der Waals surface area contributed by atoms with Crippen LogP contribution in [0, 0.1) is 0 Å². The molecular formula is C24H19N3O5S2. The molecule has 0 saturated carbocycles. The summed E-state index contributed by atoms with van der Waals surface area (Å²) in [5, 5.41) is 7.84. The zero-order valence-electron chi connectivity index (χ0n) is 17.9. The number of amides is 2. The fourth-order valence-corrected chi connectivity index (χ4v) is 6.75. The van der Waals surface area contributed by atoms with Gasteiger partial charge >= 0.3 is 5.97 Å². The smallest absolute Gasteiger partial charge is 0.344 e. The molecule has 0 aliphatic carbocycles. The Kier molecular flexibility index (Phi) is 5.07. The van der Waals surface area contributed by atoms with Gasteiger partial charge in [-0.15, -0.1) is 11.3 Å². The van der Waals surface area contributed by atoms with Crippen molar-refractivity contribution < 1.29 is 23.5 Å². The van der Waals surface area contributed by atoms with Crippen molar-refractivity contribution in [2.75, 3.05) is 11.5 Å². The Balaban J connectivity index is 1.21. The fraction of sp³-hybridized carbons (Fsp3) is 0.250. The summed E-state index contributed by atoms with van der Waals surface area (Å²) in [7, 11) is 0. The van der Waals surface area contributed by atoms with Crippen LogP contribution in [-0.2, 0) is 19.1 Å². The summed E-state index contributed by atoms with van der Waals surface area (Å²) >= 11 is 2.86. The first kappa shape index (κ1) is 21.2. The summed E-state index contributed by atoms with van der Waals surface area (Å²) in [5.74, 6) is -0.551. The van der Waals surface area contributed by atoms with Gasteiger partial charge in [-0.1, -0.05) is 30.0 Å². The number of benzene rings is 1. The van der Waals surface area contributed by atoms with Crippen molar-refractivity contribution in [3.63, 3.8) is 0 Å². The van der Waals surface area contributed by atoms with E-state index in [0.717, 1.165) is 15.5 Å². The SMILES string of the molecule is O=C(COC(=O)C12CCC(=O)N1c1ccccc1S2)N1N=C(c2cccs2)CC1c1ccco1. The molecule has 3 aliphatic heterocycles. The van der Waals surface area contributed by atoms with E-state index in [-0.39, 0.29) is 12.3 Å². The summed E-state index contributed by atoms with van der Waals surface area (Å²) < 4.78 is 11.1. The number of furan rings is 1. The van der Waals surface area contributed by atoms with Crippen LogP contribution in [0.3, 0.4) is 0 Å². The summed E-state index contributed by atoms with van der Waals surface area (Å²) in [4.78, 5) is 41.2. The number of nitrogens with zero attached hydrogens (tertiary/aromatic N) is 3. The minimum absolute atomic E-state index is 0.122. The number of rotatable bonds is 5. The number of ether oxygens (including phenoxy) is 1. The molecule has 34 heavy (non-hydrogen) atoms. The highest BCUT2D eigenvalue weighted by Gasteiger charge is 2.58. The van der Waals surface area contributed by atoms with Crippen LogP contribution < -0.4 is 4.90 Å². The van der Waals surface area contributed by atoms with Crippen LogP contribution in [0.5, 0.6) is 0 Å². The van der Waals surface area contributed by atoms with E-state index in [1.54, 1.807) is 29.7 Å². The molecule has 2 aromatic heterocycles. The van der Waals surface area contributed by atoms with E-state index in [1.807, 2.05) is 41.8 Å². The van der Waals surface area contributed by atoms with Crippen molar-refractivity contribution in [3.8, 4) is 0 Å². The molecule has 6 rings (SSSR count). The minimum Gasteiger partial charge on any atom is -0.467 e. The first-order valence-corrected chi connectivity index (χ1v) is 12.5. The van der Waals surface area contributed by atoms with Crippen LogP contribution in [0.25, 0.3) is 0 Å². The molecular weight excluding hydrogens is 474 g/mol. The molecule has 5 heterocycles. The van der Waals surface area contributed by atoms with Gasteiger partial charge in [-0.05, 0) is 35.7 Å². The van der Waals surface area contributed by atoms with Crippen molar-refractivity contribution in [2.45, 2.75) is 35.1 Å². The van der Waals surface area contributed by atoms with Crippen molar-refractivity contribution in [1.82, 2.24) is 5.01 Å². The van der Waals surface area contributed by atoms with Gasteiger partial charge < -0.3 is 9.15 Å². The lowest BCUT2D eigenvalue weighted by molar-refractivity contribution is -0.154. The molecule has 0 N–H and O–H groups in total. The Morgan fingerprint density at radius 1 is 1.18 bits per heavy atom. The van der Waals surface area contributed by atoms with Gasteiger partial charge in [0.1, 0.15) is 11.8 Å². The number of hydrogen-bond acceptors (Lipinski definition) is 8. The second-order valence-electron chi connectivity index (χ2n) is 8.16. The third kappa shape index (κ3) is 3.28. The fourth-order valence-electron chi connectivity index (χ4n) is 4.61. The maximum atomic E-state index is 13.3. The summed E-state index contributed by atoms with van der Waals surface area (Å²) in [6, 6.07) is 14.4. The zero-order valence-corrected chi connectivity index (χ0v) is 19.5. The van der Waals surface area contributed by atoms with E-state index in [2.05, 4.69) is 5.10 Å². The number of hydrogen-bond donors (Lipinski definition) is 0. The number of para-hydroxylation sites is 1. The molecule has 1 fully saturated rings. The van der Waals surface area contributed by atoms with Crippen LogP contribution >= 0.6 is 23.1 Å². The largest absolute Gasteiger partial charge is 0.467 e. The van der Waals surface area contributed by atoms with E-state index in [4.69, 9.17) is 9.15 Å². The highest BCUT2D eigenvalue weighted by molar-refractivity contribution is 8.02. The van der Waals surface area contributed by atoms with E-state index in [9.17, 15) is 14.4 Å². The first-order chi connectivity index (χ1) is 16.6. The third-order valence-corrected chi connectivity index (χ3v) is 8.54. The molecule has 1 saturated heterocycles. The van der Waals surface area contributed by atoms with Crippen molar-refractivity contribution in [1.29, 1.82) is 0 Å². The molecule has 0 bridgehead atoms. The van der Waals surface area contributed by atoms with Gasteiger partial charge in [0, 0.05) is 24.2 Å². The lowest BCUT2D eigenvalue weighted by atomic mass is 10.1. The maximum absolute atomic E-state index is 13.3. The predicted molar refractivity (Wildman–Crippen MR) is 126 cm³/mol. The van der Waals surface area contributed by atoms with Crippen molar-refractivity contribution in [3.05, 3.63) is 70.8 Å². The summed E-state index contributed by atoms with van der Waals surface area (Å²) in [6.07, 6.45) is 2.65. The monoisotopic (exact) mass is 493 g/mol. The molecule has 2 unspecified atom stereocenters. The topological polar surface area (TPSA) is 92.4 Å². The molecule has 1 aromatic carbocycles. The zero-order chi connectivity index (χ0) is 23.3. The van der Waals surface area contributed by atoms with Gasteiger partial charge in [0.05, 0.1) is 22.5 Å². The number of esters is 1. The molecule has 0 spiro atoms. The van der Waals surface area contributed by atoms with Crippen molar-refractivity contribution in [2.24, 2.45) is 5.10 Å². The number of fused-ring (bicyclic) bond motifs is 3. The number of thioether (sulfide) groups is 1. The van der Waals surface area contributed by atoms with Crippen LogP contribution in [0.15, 0.2) is 74.6 Å². The minimum atomic E-state index is -1.17. The second-order valence-corrected chi connectivity index (χ2v) is 10.4. The number of anilines is 1. The highest BCUT2D eigenvalue weighted by Crippen LogP contribution is 2.56. The summed E-state index contributed by atoms with van der Waals surface area (Å²) in [5.41, 5.74) is 1.49.